The molecular formula is C15H17NO6. The van der Waals surface area contributed by atoms with Crippen LogP contribution in [0.25, 0.3) is 0 Å². The number of methoxy groups -OCH3 is 1. The summed E-state index contributed by atoms with van der Waals surface area (Å²) in [5.41, 5.74) is 0.871. The summed E-state index contributed by atoms with van der Waals surface area (Å²) in [4.78, 5) is 34.5. The molecule has 1 aromatic rings. The second-order valence-corrected chi connectivity index (χ2v) is 4.73. The molecule has 1 saturated heterocycles. The molecule has 1 amide bonds. The molecule has 0 aromatic heterocycles. The quantitative estimate of drug-likeness (QED) is 0.820. The van der Waals surface area contributed by atoms with Crippen molar-refractivity contribution in [3.63, 3.8) is 0 Å². The molecule has 0 radical (unpaired) electrons. The minimum atomic E-state index is -0.563. The number of esters is 2. The summed E-state index contributed by atoms with van der Waals surface area (Å²) < 4.78 is 14.6. The van der Waals surface area contributed by atoms with Crippen molar-refractivity contribution in [1.82, 2.24) is 0 Å². The third-order valence-electron chi connectivity index (χ3n) is 3.13. The van der Waals surface area contributed by atoms with Crippen LogP contribution in [-0.4, -0.2) is 44.3 Å². The molecule has 7 heteroatoms. The topological polar surface area (TPSA) is 90.9 Å². The fraction of sp³-hybridized carbons (Fsp3) is 0.400. The molecule has 1 heterocycles. The van der Waals surface area contributed by atoms with Crippen molar-refractivity contribution in [1.29, 1.82) is 0 Å². The third-order valence-corrected chi connectivity index (χ3v) is 3.13. The van der Waals surface area contributed by atoms with Crippen molar-refractivity contribution < 1.29 is 28.6 Å². The minimum Gasteiger partial charge on any atom is -0.465 e. The van der Waals surface area contributed by atoms with Gasteiger partial charge in [-0.3, -0.25) is 4.79 Å². The molecule has 0 aliphatic carbocycles. The van der Waals surface area contributed by atoms with E-state index < -0.39 is 23.9 Å². The first-order valence-corrected chi connectivity index (χ1v) is 6.86. The second-order valence-electron chi connectivity index (χ2n) is 4.73. The Morgan fingerprint density at radius 3 is 2.59 bits per heavy atom. The van der Waals surface area contributed by atoms with Crippen LogP contribution in [-0.2, 0) is 23.8 Å². The molecule has 0 saturated carbocycles. The monoisotopic (exact) mass is 307 g/mol. The van der Waals surface area contributed by atoms with E-state index in [-0.39, 0.29) is 6.61 Å². The van der Waals surface area contributed by atoms with Gasteiger partial charge in [0.2, 0.25) is 0 Å². The summed E-state index contributed by atoms with van der Waals surface area (Å²) in [6.45, 7) is 0.163. The smallest absolute Gasteiger partial charge is 0.337 e. The number of amides is 1. The average Bonchev–Trinajstić information content (AvgIpc) is 3.07. The lowest BCUT2D eigenvalue weighted by Gasteiger charge is -2.10. The minimum absolute atomic E-state index is 0.378. The number of nitrogens with one attached hydrogen (secondary N) is 1. The molecule has 0 unspecified atom stereocenters. The number of hydrogen-bond donors (Lipinski definition) is 1. The maximum absolute atomic E-state index is 11.7. The number of hydrogen-bond acceptors (Lipinski definition) is 6. The lowest BCUT2D eigenvalue weighted by molar-refractivity contribution is -0.156. The molecule has 0 spiro atoms. The van der Waals surface area contributed by atoms with Crippen LogP contribution in [0.3, 0.4) is 0 Å². The number of ether oxygens (including phenoxy) is 3. The van der Waals surface area contributed by atoms with E-state index in [9.17, 15) is 14.4 Å². The highest BCUT2D eigenvalue weighted by atomic mass is 16.6. The van der Waals surface area contributed by atoms with Gasteiger partial charge in [0.25, 0.3) is 5.91 Å². The van der Waals surface area contributed by atoms with Crippen molar-refractivity contribution in [2.75, 3.05) is 25.6 Å². The molecule has 118 valence electrons. The number of carbonyl (C=O) groups is 3. The molecule has 1 fully saturated rings. The zero-order valence-corrected chi connectivity index (χ0v) is 12.2. The summed E-state index contributed by atoms with van der Waals surface area (Å²) >= 11 is 0. The molecule has 7 nitrogen and oxygen atoms in total. The van der Waals surface area contributed by atoms with Crippen LogP contribution in [0.1, 0.15) is 23.2 Å². The predicted molar refractivity (Wildman–Crippen MR) is 76.3 cm³/mol. The van der Waals surface area contributed by atoms with Gasteiger partial charge in [0, 0.05) is 12.3 Å². The fourth-order valence-corrected chi connectivity index (χ4v) is 2.00. The standard InChI is InChI=1S/C15H17NO6/c1-20-14(18)10-4-6-11(7-5-10)16-13(17)9-22-15(19)12-3-2-8-21-12/h4-7,12H,2-3,8-9H2,1H3,(H,16,17)/t12-/m1/s1. The van der Waals surface area contributed by atoms with E-state index in [1.165, 1.54) is 19.2 Å². The van der Waals surface area contributed by atoms with Crippen LogP contribution in [0.4, 0.5) is 5.69 Å². The van der Waals surface area contributed by atoms with Gasteiger partial charge in [0.05, 0.1) is 12.7 Å². The number of carbonyl (C=O) groups excluding carboxylic acids is 3. The Morgan fingerprint density at radius 1 is 1.27 bits per heavy atom. The Kier molecular flexibility index (Phi) is 5.48. The van der Waals surface area contributed by atoms with Crippen molar-refractivity contribution >= 4 is 23.5 Å². The van der Waals surface area contributed by atoms with E-state index in [1.807, 2.05) is 0 Å². The van der Waals surface area contributed by atoms with Crippen LogP contribution in [0.5, 0.6) is 0 Å². The normalized spacial score (nSPS) is 16.9. The first-order valence-electron chi connectivity index (χ1n) is 6.86. The zero-order chi connectivity index (χ0) is 15.9. The molecule has 1 aliphatic heterocycles. The van der Waals surface area contributed by atoms with Crippen molar-refractivity contribution in [3.8, 4) is 0 Å². The van der Waals surface area contributed by atoms with Gasteiger partial charge in [-0.15, -0.1) is 0 Å². The van der Waals surface area contributed by atoms with Crippen molar-refractivity contribution in [3.05, 3.63) is 29.8 Å². The van der Waals surface area contributed by atoms with Gasteiger partial charge in [-0.05, 0) is 37.1 Å². The molecule has 1 aliphatic rings. The van der Waals surface area contributed by atoms with Gasteiger partial charge in [0.15, 0.2) is 12.7 Å². The Hall–Kier alpha value is -2.41. The van der Waals surface area contributed by atoms with Crippen LogP contribution >= 0.6 is 0 Å². The summed E-state index contributed by atoms with van der Waals surface area (Å²) in [6.07, 6.45) is 0.876. The lowest BCUT2D eigenvalue weighted by atomic mass is 10.2. The van der Waals surface area contributed by atoms with E-state index in [0.717, 1.165) is 6.42 Å². The van der Waals surface area contributed by atoms with E-state index in [1.54, 1.807) is 12.1 Å². The molecule has 2 rings (SSSR count). The number of benzene rings is 1. The van der Waals surface area contributed by atoms with E-state index in [4.69, 9.17) is 9.47 Å². The summed E-state index contributed by atoms with van der Waals surface area (Å²) in [6, 6.07) is 6.18. The zero-order valence-electron chi connectivity index (χ0n) is 12.2. The highest BCUT2D eigenvalue weighted by molar-refractivity contribution is 5.94. The van der Waals surface area contributed by atoms with Crippen LogP contribution in [0, 0.1) is 0 Å². The van der Waals surface area contributed by atoms with Gasteiger partial charge < -0.3 is 19.5 Å². The first kappa shape index (κ1) is 16.0. The maximum atomic E-state index is 11.7. The number of rotatable bonds is 5. The van der Waals surface area contributed by atoms with Crippen molar-refractivity contribution in [2.24, 2.45) is 0 Å². The summed E-state index contributed by atoms with van der Waals surface area (Å²) in [5, 5.41) is 2.56. The molecule has 0 bridgehead atoms. The highest BCUT2D eigenvalue weighted by Crippen LogP contribution is 2.13. The van der Waals surface area contributed by atoms with E-state index in [0.29, 0.717) is 24.3 Å². The van der Waals surface area contributed by atoms with E-state index >= 15 is 0 Å². The van der Waals surface area contributed by atoms with Gasteiger partial charge in [-0.1, -0.05) is 0 Å². The Bertz CT molecular complexity index is 548. The van der Waals surface area contributed by atoms with Gasteiger partial charge in [-0.25, -0.2) is 9.59 Å². The molecular weight excluding hydrogens is 290 g/mol. The van der Waals surface area contributed by atoms with Crippen LogP contribution in [0.15, 0.2) is 24.3 Å². The Morgan fingerprint density at radius 2 is 2.00 bits per heavy atom. The predicted octanol–water partition coefficient (Wildman–Crippen LogP) is 1.13. The van der Waals surface area contributed by atoms with Gasteiger partial charge in [-0.2, -0.15) is 0 Å². The number of anilines is 1. The van der Waals surface area contributed by atoms with Crippen LogP contribution in [0.2, 0.25) is 0 Å². The second kappa shape index (κ2) is 7.56. The molecule has 1 aromatic carbocycles. The fourth-order valence-electron chi connectivity index (χ4n) is 2.00. The average molecular weight is 307 g/mol. The Labute approximate surface area is 127 Å². The molecule has 22 heavy (non-hydrogen) atoms. The Balaban J connectivity index is 1.79. The third kappa shape index (κ3) is 4.29. The van der Waals surface area contributed by atoms with Gasteiger partial charge >= 0.3 is 11.9 Å². The summed E-state index contributed by atoms with van der Waals surface area (Å²) in [7, 11) is 1.29. The lowest BCUT2D eigenvalue weighted by Crippen LogP contribution is -2.27. The van der Waals surface area contributed by atoms with E-state index in [2.05, 4.69) is 10.1 Å². The van der Waals surface area contributed by atoms with Crippen molar-refractivity contribution in [2.45, 2.75) is 18.9 Å². The maximum Gasteiger partial charge on any atom is 0.337 e. The van der Waals surface area contributed by atoms with Gasteiger partial charge in [0.1, 0.15) is 0 Å². The SMILES string of the molecule is COC(=O)c1ccc(NC(=O)COC(=O)[C@H]2CCCO2)cc1. The van der Waals surface area contributed by atoms with Crippen LogP contribution < -0.4 is 5.32 Å². The molecule has 1 atom stereocenters. The largest absolute Gasteiger partial charge is 0.465 e. The first-order chi connectivity index (χ1) is 10.6. The highest BCUT2D eigenvalue weighted by Gasteiger charge is 2.25. The summed E-state index contributed by atoms with van der Waals surface area (Å²) in [5.74, 6) is -1.44. The molecule has 1 N–H and O–H groups in total.